The Bertz CT molecular complexity index is 579. The summed E-state index contributed by atoms with van der Waals surface area (Å²) in [4.78, 5) is 20.0. The molecule has 0 unspecified atom stereocenters. The summed E-state index contributed by atoms with van der Waals surface area (Å²) >= 11 is 1.63. The van der Waals surface area contributed by atoms with E-state index in [0.717, 1.165) is 36.6 Å². The average Bonchev–Trinajstić information content (AvgIpc) is 3.09. The van der Waals surface area contributed by atoms with Crippen molar-refractivity contribution in [2.45, 2.75) is 20.3 Å². The molecular formula is C17H23N3OS. The average molecular weight is 317 g/mol. The second-order valence-electron chi connectivity index (χ2n) is 5.04. The predicted molar refractivity (Wildman–Crippen MR) is 92.3 cm³/mol. The van der Waals surface area contributed by atoms with Crippen molar-refractivity contribution < 1.29 is 4.79 Å². The van der Waals surface area contributed by atoms with Gasteiger partial charge in [-0.3, -0.25) is 9.78 Å². The number of amides is 1. The van der Waals surface area contributed by atoms with E-state index in [9.17, 15) is 4.79 Å². The molecule has 0 aliphatic heterocycles. The van der Waals surface area contributed by atoms with Crippen molar-refractivity contribution in [1.82, 2.24) is 15.2 Å². The van der Waals surface area contributed by atoms with Gasteiger partial charge in [-0.1, -0.05) is 19.9 Å². The van der Waals surface area contributed by atoms with Crippen LogP contribution in [0.1, 0.15) is 30.6 Å². The lowest BCUT2D eigenvalue weighted by atomic mass is 10.2. The summed E-state index contributed by atoms with van der Waals surface area (Å²) < 4.78 is 0. The predicted octanol–water partition coefficient (Wildman–Crippen LogP) is 3.27. The van der Waals surface area contributed by atoms with E-state index < -0.39 is 0 Å². The first-order chi connectivity index (χ1) is 10.7. The summed E-state index contributed by atoms with van der Waals surface area (Å²) in [5.41, 5.74) is 1.52. The molecule has 118 valence electrons. The van der Waals surface area contributed by atoms with Crippen LogP contribution in [0.3, 0.4) is 0 Å². The fraction of sp³-hybridized carbons (Fsp3) is 0.412. The van der Waals surface area contributed by atoms with Gasteiger partial charge < -0.3 is 10.2 Å². The van der Waals surface area contributed by atoms with Crippen LogP contribution in [-0.2, 0) is 0 Å². The molecule has 0 aromatic carbocycles. The standard InChI is InChI=1S/C17H23N3OS/c1-3-20(4-2)11-6-9-19-17(21)14-8-10-18-15(13-14)16-7-5-12-22-16/h5,7-8,10,12-13H,3-4,6,9,11H2,1-2H3,(H,19,21). The number of carbonyl (C=O) groups is 1. The van der Waals surface area contributed by atoms with E-state index in [4.69, 9.17) is 0 Å². The van der Waals surface area contributed by atoms with Crippen LogP contribution in [0.25, 0.3) is 10.6 Å². The molecule has 0 fully saturated rings. The third kappa shape index (κ3) is 4.64. The molecule has 22 heavy (non-hydrogen) atoms. The van der Waals surface area contributed by atoms with Crippen molar-refractivity contribution in [2.75, 3.05) is 26.2 Å². The number of thiophene rings is 1. The molecule has 4 nitrogen and oxygen atoms in total. The first kappa shape index (κ1) is 16.6. The molecule has 2 aromatic rings. The van der Waals surface area contributed by atoms with Crippen molar-refractivity contribution in [3.63, 3.8) is 0 Å². The van der Waals surface area contributed by atoms with Crippen molar-refractivity contribution >= 4 is 17.2 Å². The molecule has 1 N–H and O–H groups in total. The van der Waals surface area contributed by atoms with Gasteiger partial charge in [-0.05, 0) is 49.6 Å². The lowest BCUT2D eigenvalue weighted by molar-refractivity contribution is 0.0952. The van der Waals surface area contributed by atoms with Crippen LogP contribution in [0.2, 0.25) is 0 Å². The minimum absolute atomic E-state index is 0.0280. The summed E-state index contributed by atoms with van der Waals surface area (Å²) in [5.74, 6) is -0.0280. The van der Waals surface area contributed by atoms with Gasteiger partial charge in [0.15, 0.2) is 0 Å². The SMILES string of the molecule is CCN(CC)CCCNC(=O)c1ccnc(-c2cccs2)c1. The molecule has 0 atom stereocenters. The van der Waals surface area contributed by atoms with Crippen LogP contribution in [0, 0.1) is 0 Å². The molecule has 2 rings (SSSR count). The van der Waals surface area contributed by atoms with E-state index in [1.807, 2.05) is 23.6 Å². The van der Waals surface area contributed by atoms with E-state index in [-0.39, 0.29) is 5.91 Å². The Morgan fingerprint density at radius 1 is 1.32 bits per heavy atom. The number of rotatable bonds is 8. The number of hydrogen-bond acceptors (Lipinski definition) is 4. The van der Waals surface area contributed by atoms with E-state index in [2.05, 4.69) is 29.0 Å². The third-order valence-electron chi connectivity index (χ3n) is 3.63. The Hall–Kier alpha value is -1.72. The fourth-order valence-electron chi connectivity index (χ4n) is 2.28. The van der Waals surface area contributed by atoms with Crippen LogP contribution >= 0.6 is 11.3 Å². The molecule has 0 saturated heterocycles. The van der Waals surface area contributed by atoms with Crippen LogP contribution in [0.5, 0.6) is 0 Å². The van der Waals surface area contributed by atoms with E-state index >= 15 is 0 Å². The molecule has 0 aliphatic rings. The van der Waals surface area contributed by atoms with Crippen molar-refractivity contribution in [3.8, 4) is 10.6 Å². The number of hydrogen-bond donors (Lipinski definition) is 1. The second kappa shape index (κ2) is 8.66. The Morgan fingerprint density at radius 2 is 2.14 bits per heavy atom. The fourth-order valence-corrected chi connectivity index (χ4v) is 2.97. The first-order valence-electron chi connectivity index (χ1n) is 7.75. The maximum atomic E-state index is 12.2. The normalized spacial score (nSPS) is 10.9. The highest BCUT2D eigenvalue weighted by Crippen LogP contribution is 2.22. The highest BCUT2D eigenvalue weighted by Gasteiger charge is 2.08. The number of nitrogens with one attached hydrogen (secondary N) is 1. The minimum atomic E-state index is -0.0280. The number of carbonyl (C=O) groups excluding carboxylic acids is 1. The number of pyridine rings is 1. The molecule has 2 aromatic heterocycles. The first-order valence-corrected chi connectivity index (χ1v) is 8.63. The number of nitrogens with zero attached hydrogens (tertiary/aromatic N) is 2. The summed E-state index contributed by atoms with van der Waals surface area (Å²) in [6, 6.07) is 7.61. The van der Waals surface area contributed by atoms with Crippen LogP contribution in [0.4, 0.5) is 0 Å². The maximum absolute atomic E-state index is 12.2. The van der Waals surface area contributed by atoms with Crippen molar-refractivity contribution in [3.05, 3.63) is 41.4 Å². The molecule has 0 aliphatic carbocycles. The quantitative estimate of drug-likeness (QED) is 0.760. The summed E-state index contributed by atoms with van der Waals surface area (Å²) in [6.07, 6.45) is 2.66. The third-order valence-corrected chi connectivity index (χ3v) is 4.52. The van der Waals surface area contributed by atoms with Gasteiger partial charge >= 0.3 is 0 Å². The van der Waals surface area contributed by atoms with Gasteiger partial charge in [-0.2, -0.15) is 0 Å². The lowest BCUT2D eigenvalue weighted by Gasteiger charge is -2.17. The molecular weight excluding hydrogens is 294 g/mol. The van der Waals surface area contributed by atoms with Crippen LogP contribution < -0.4 is 5.32 Å². The van der Waals surface area contributed by atoms with Gasteiger partial charge in [0.05, 0.1) is 10.6 Å². The van der Waals surface area contributed by atoms with Gasteiger partial charge in [-0.15, -0.1) is 11.3 Å². The van der Waals surface area contributed by atoms with Gasteiger partial charge in [0, 0.05) is 18.3 Å². The largest absolute Gasteiger partial charge is 0.352 e. The van der Waals surface area contributed by atoms with Gasteiger partial charge in [0.2, 0.25) is 0 Å². The Kier molecular flexibility index (Phi) is 6.55. The number of aromatic nitrogens is 1. The zero-order valence-corrected chi connectivity index (χ0v) is 14.0. The van der Waals surface area contributed by atoms with E-state index in [0.29, 0.717) is 12.1 Å². The Balaban J connectivity index is 1.86. The molecule has 2 heterocycles. The highest BCUT2D eigenvalue weighted by molar-refractivity contribution is 7.13. The zero-order chi connectivity index (χ0) is 15.8. The summed E-state index contributed by atoms with van der Waals surface area (Å²) in [7, 11) is 0. The van der Waals surface area contributed by atoms with Gasteiger partial charge in [-0.25, -0.2) is 0 Å². The smallest absolute Gasteiger partial charge is 0.251 e. The van der Waals surface area contributed by atoms with Gasteiger partial charge in [0.25, 0.3) is 5.91 Å². The van der Waals surface area contributed by atoms with E-state index in [1.54, 1.807) is 23.6 Å². The van der Waals surface area contributed by atoms with Crippen molar-refractivity contribution in [1.29, 1.82) is 0 Å². The van der Waals surface area contributed by atoms with Crippen molar-refractivity contribution in [2.24, 2.45) is 0 Å². The van der Waals surface area contributed by atoms with Crippen LogP contribution in [0.15, 0.2) is 35.8 Å². The lowest BCUT2D eigenvalue weighted by Crippen LogP contribution is -2.29. The summed E-state index contributed by atoms with van der Waals surface area (Å²) in [5, 5.41) is 5.00. The molecule has 0 bridgehead atoms. The zero-order valence-electron chi connectivity index (χ0n) is 13.2. The second-order valence-corrected chi connectivity index (χ2v) is 5.99. The molecule has 1 amide bonds. The molecule has 0 saturated carbocycles. The highest BCUT2D eigenvalue weighted by atomic mass is 32.1. The summed E-state index contributed by atoms with van der Waals surface area (Å²) in [6.45, 7) is 8.14. The van der Waals surface area contributed by atoms with Crippen LogP contribution in [-0.4, -0.2) is 42.0 Å². The monoisotopic (exact) mass is 317 g/mol. The molecule has 0 radical (unpaired) electrons. The maximum Gasteiger partial charge on any atom is 0.251 e. The minimum Gasteiger partial charge on any atom is -0.352 e. The van der Waals surface area contributed by atoms with E-state index in [1.165, 1.54) is 0 Å². The van der Waals surface area contributed by atoms with Gasteiger partial charge in [0.1, 0.15) is 0 Å². The topological polar surface area (TPSA) is 45.2 Å². The molecule has 0 spiro atoms. The molecule has 5 heteroatoms. The Morgan fingerprint density at radius 3 is 2.82 bits per heavy atom. The Labute approximate surface area is 136 Å².